The molecule has 1 unspecified atom stereocenters. The summed E-state index contributed by atoms with van der Waals surface area (Å²) in [7, 11) is 1.80. The zero-order chi connectivity index (χ0) is 15.5. The molecule has 2 rings (SSSR count). The molecule has 0 amide bonds. The van der Waals surface area contributed by atoms with E-state index < -0.39 is 0 Å². The average molecular weight is 293 g/mol. The predicted molar refractivity (Wildman–Crippen MR) is 84.9 cm³/mol. The molecule has 0 radical (unpaired) electrons. The Morgan fingerprint density at radius 1 is 1.33 bits per heavy atom. The van der Waals surface area contributed by atoms with E-state index in [1.165, 1.54) is 12.8 Å². The van der Waals surface area contributed by atoms with Crippen LogP contribution in [0.4, 0.5) is 4.39 Å². The number of likely N-dealkylation sites (N-methyl/N-ethyl adjacent to an activating group) is 1. The highest BCUT2D eigenvalue weighted by Crippen LogP contribution is 2.43. The molecule has 0 spiro atoms. The Morgan fingerprint density at radius 2 is 2.00 bits per heavy atom. The summed E-state index contributed by atoms with van der Waals surface area (Å²) in [6, 6.07) is 5.36. The molecule has 0 aromatic heterocycles. The van der Waals surface area contributed by atoms with Gasteiger partial charge in [0.05, 0.1) is 11.6 Å². The lowest BCUT2D eigenvalue weighted by molar-refractivity contribution is -0.0758. The SMILES string of the molecule is CCNC(c1cc(C)cc(F)c1)C1(OC)CCC(C)CC1. The third-order valence-corrected chi connectivity index (χ3v) is 4.86. The molecule has 1 N–H and O–H groups in total. The number of hydrogen-bond acceptors (Lipinski definition) is 2. The fraction of sp³-hybridized carbons (Fsp3) is 0.667. The second-order valence-corrected chi connectivity index (χ2v) is 6.50. The van der Waals surface area contributed by atoms with Crippen LogP contribution in [0.25, 0.3) is 0 Å². The summed E-state index contributed by atoms with van der Waals surface area (Å²) in [6.07, 6.45) is 4.39. The van der Waals surface area contributed by atoms with E-state index in [1.807, 2.05) is 6.92 Å². The minimum Gasteiger partial charge on any atom is -0.376 e. The molecule has 0 aliphatic heterocycles. The van der Waals surface area contributed by atoms with Crippen molar-refractivity contribution in [1.29, 1.82) is 0 Å². The molecule has 1 aliphatic rings. The molecule has 0 saturated heterocycles. The molecule has 1 atom stereocenters. The van der Waals surface area contributed by atoms with E-state index in [2.05, 4.69) is 25.2 Å². The third kappa shape index (κ3) is 3.64. The van der Waals surface area contributed by atoms with E-state index in [9.17, 15) is 4.39 Å². The first-order chi connectivity index (χ1) is 10.0. The van der Waals surface area contributed by atoms with Crippen LogP contribution in [0.5, 0.6) is 0 Å². The Bertz CT molecular complexity index is 446. The van der Waals surface area contributed by atoms with Gasteiger partial charge in [0, 0.05) is 7.11 Å². The standard InChI is InChI=1S/C18H28FNO/c1-5-20-17(15-10-14(3)11-16(19)12-15)18(21-4)8-6-13(2)7-9-18/h10-13,17,20H,5-9H2,1-4H3. The number of halogens is 1. The van der Waals surface area contributed by atoms with Crippen LogP contribution >= 0.6 is 0 Å². The highest BCUT2D eigenvalue weighted by molar-refractivity contribution is 5.29. The number of benzene rings is 1. The Kier molecular flexibility index (Phi) is 5.39. The Labute approximate surface area is 128 Å². The van der Waals surface area contributed by atoms with E-state index in [-0.39, 0.29) is 17.5 Å². The van der Waals surface area contributed by atoms with Gasteiger partial charge in [0.1, 0.15) is 5.82 Å². The maximum atomic E-state index is 13.8. The molecule has 1 fully saturated rings. The van der Waals surface area contributed by atoms with E-state index in [1.54, 1.807) is 19.2 Å². The summed E-state index contributed by atoms with van der Waals surface area (Å²) in [6.45, 7) is 7.18. The maximum absolute atomic E-state index is 13.8. The van der Waals surface area contributed by atoms with Crippen molar-refractivity contribution in [1.82, 2.24) is 5.32 Å². The molecule has 21 heavy (non-hydrogen) atoms. The molecule has 3 heteroatoms. The number of methoxy groups -OCH3 is 1. The van der Waals surface area contributed by atoms with E-state index in [4.69, 9.17) is 4.74 Å². The van der Waals surface area contributed by atoms with Crippen molar-refractivity contribution < 1.29 is 9.13 Å². The van der Waals surface area contributed by atoms with Gasteiger partial charge in [-0.1, -0.05) is 19.9 Å². The summed E-state index contributed by atoms with van der Waals surface area (Å²) in [5, 5.41) is 3.54. The quantitative estimate of drug-likeness (QED) is 0.870. The van der Waals surface area contributed by atoms with Crippen LogP contribution in [0.15, 0.2) is 18.2 Å². The minimum atomic E-state index is -0.219. The van der Waals surface area contributed by atoms with Crippen LogP contribution < -0.4 is 5.32 Å². The van der Waals surface area contributed by atoms with Gasteiger partial charge in [-0.3, -0.25) is 0 Å². The van der Waals surface area contributed by atoms with Crippen LogP contribution in [0.2, 0.25) is 0 Å². The predicted octanol–water partition coefficient (Wildman–Crippen LogP) is 4.38. The summed E-state index contributed by atoms with van der Waals surface area (Å²) < 4.78 is 19.8. The van der Waals surface area contributed by atoms with Gasteiger partial charge in [-0.15, -0.1) is 0 Å². The van der Waals surface area contributed by atoms with Crippen molar-refractivity contribution in [2.75, 3.05) is 13.7 Å². The Morgan fingerprint density at radius 3 is 2.52 bits per heavy atom. The summed E-state index contributed by atoms with van der Waals surface area (Å²) in [4.78, 5) is 0. The molecule has 1 aliphatic carbocycles. The molecule has 118 valence electrons. The van der Waals surface area contributed by atoms with Crippen LogP contribution in [0.3, 0.4) is 0 Å². The van der Waals surface area contributed by atoms with Gasteiger partial charge in [0.2, 0.25) is 0 Å². The van der Waals surface area contributed by atoms with Crippen molar-refractivity contribution >= 4 is 0 Å². The van der Waals surface area contributed by atoms with Gasteiger partial charge in [-0.2, -0.15) is 0 Å². The van der Waals surface area contributed by atoms with Crippen molar-refractivity contribution in [3.8, 4) is 0 Å². The highest BCUT2D eigenvalue weighted by Gasteiger charge is 2.42. The van der Waals surface area contributed by atoms with Gasteiger partial charge < -0.3 is 10.1 Å². The van der Waals surface area contributed by atoms with Crippen molar-refractivity contribution in [2.45, 2.75) is 58.1 Å². The van der Waals surface area contributed by atoms with Crippen LogP contribution in [-0.4, -0.2) is 19.3 Å². The molecule has 1 aromatic rings. The maximum Gasteiger partial charge on any atom is 0.123 e. The summed E-state index contributed by atoms with van der Waals surface area (Å²) in [5.41, 5.74) is 1.75. The lowest BCUT2D eigenvalue weighted by Crippen LogP contribution is -2.48. The fourth-order valence-corrected chi connectivity index (χ4v) is 3.60. The molecule has 0 bridgehead atoms. The number of ether oxygens (including phenoxy) is 1. The Balaban J connectivity index is 2.36. The zero-order valence-electron chi connectivity index (χ0n) is 13.7. The summed E-state index contributed by atoms with van der Waals surface area (Å²) in [5.74, 6) is 0.591. The van der Waals surface area contributed by atoms with Crippen molar-refractivity contribution in [3.05, 3.63) is 35.1 Å². The first-order valence-electron chi connectivity index (χ1n) is 8.06. The van der Waals surface area contributed by atoms with Crippen molar-refractivity contribution in [2.24, 2.45) is 5.92 Å². The second kappa shape index (κ2) is 6.89. The van der Waals surface area contributed by atoms with Gasteiger partial charge in [0.15, 0.2) is 0 Å². The van der Waals surface area contributed by atoms with Crippen molar-refractivity contribution in [3.63, 3.8) is 0 Å². The number of hydrogen-bond donors (Lipinski definition) is 1. The van der Waals surface area contributed by atoms with Crippen LogP contribution in [0, 0.1) is 18.7 Å². The highest BCUT2D eigenvalue weighted by atomic mass is 19.1. The molecular weight excluding hydrogens is 265 g/mol. The van der Waals surface area contributed by atoms with E-state index >= 15 is 0 Å². The van der Waals surface area contributed by atoms with Gasteiger partial charge in [0.25, 0.3) is 0 Å². The first kappa shape index (κ1) is 16.4. The number of aryl methyl sites for hydroxylation is 1. The largest absolute Gasteiger partial charge is 0.376 e. The normalized spacial score (nSPS) is 27.6. The van der Waals surface area contributed by atoms with Gasteiger partial charge in [-0.25, -0.2) is 4.39 Å². The van der Waals surface area contributed by atoms with Crippen LogP contribution in [-0.2, 0) is 4.74 Å². The van der Waals surface area contributed by atoms with Crippen LogP contribution in [0.1, 0.15) is 56.7 Å². The molecule has 1 aromatic carbocycles. The van der Waals surface area contributed by atoms with E-state index in [0.29, 0.717) is 0 Å². The molecule has 2 nitrogen and oxygen atoms in total. The second-order valence-electron chi connectivity index (χ2n) is 6.50. The monoisotopic (exact) mass is 293 g/mol. The smallest absolute Gasteiger partial charge is 0.123 e. The zero-order valence-corrected chi connectivity index (χ0v) is 13.7. The first-order valence-corrected chi connectivity index (χ1v) is 8.06. The Hall–Kier alpha value is -0.930. The van der Waals surface area contributed by atoms with Gasteiger partial charge >= 0.3 is 0 Å². The topological polar surface area (TPSA) is 21.3 Å². The number of nitrogens with one attached hydrogen (secondary N) is 1. The molecule has 0 heterocycles. The molecular formula is C18H28FNO. The average Bonchev–Trinajstić information content (AvgIpc) is 2.45. The molecule has 1 saturated carbocycles. The van der Waals surface area contributed by atoms with E-state index in [0.717, 1.165) is 36.4 Å². The minimum absolute atomic E-state index is 0.0504. The third-order valence-electron chi connectivity index (χ3n) is 4.86. The fourth-order valence-electron chi connectivity index (χ4n) is 3.60. The lowest BCUT2D eigenvalue weighted by Gasteiger charge is -2.44. The summed E-state index contributed by atoms with van der Waals surface area (Å²) >= 11 is 0. The number of rotatable bonds is 5. The lowest BCUT2D eigenvalue weighted by atomic mass is 9.73. The van der Waals surface area contributed by atoms with Gasteiger partial charge in [-0.05, 0) is 68.3 Å².